The van der Waals surface area contributed by atoms with Crippen molar-refractivity contribution in [1.82, 2.24) is 4.90 Å². The summed E-state index contributed by atoms with van der Waals surface area (Å²) in [5.74, 6) is 0.934. The van der Waals surface area contributed by atoms with E-state index in [9.17, 15) is 0 Å². The molecule has 0 radical (unpaired) electrons. The Morgan fingerprint density at radius 2 is 2.05 bits per heavy atom. The van der Waals surface area contributed by atoms with Crippen LogP contribution in [0.5, 0.6) is 0 Å². The molecule has 0 aliphatic heterocycles. The van der Waals surface area contributed by atoms with E-state index < -0.39 is 0 Å². The minimum absolute atomic E-state index is 0.394. The summed E-state index contributed by atoms with van der Waals surface area (Å²) in [6.07, 6.45) is 5.54. The largest absolute Gasteiger partial charge is 0.329 e. The SMILES string of the molecule is Cc1ccc(C(CN)N(CC2CC2)C2CC2)cc1Br. The molecule has 1 aromatic carbocycles. The van der Waals surface area contributed by atoms with Crippen molar-refractivity contribution in [2.45, 2.75) is 44.7 Å². The van der Waals surface area contributed by atoms with Gasteiger partial charge in [0.05, 0.1) is 0 Å². The molecule has 0 saturated heterocycles. The molecule has 2 fully saturated rings. The van der Waals surface area contributed by atoms with E-state index in [1.807, 2.05) is 0 Å². The average molecular weight is 323 g/mol. The van der Waals surface area contributed by atoms with E-state index in [0.29, 0.717) is 6.04 Å². The zero-order chi connectivity index (χ0) is 13.4. The monoisotopic (exact) mass is 322 g/mol. The van der Waals surface area contributed by atoms with Crippen molar-refractivity contribution in [1.29, 1.82) is 0 Å². The van der Waals surface area contributed by atoms with Crippen molar-refractivity contribution in [3.63, 3.8) is 0 Å². The maximum Gasteiger partial charge on any atom is 0.0473 e. The van der Waals surface area contributed by atoms with Crippen molar-refractivity contribution in [3.05, 3.63) is 33.8 Å². The van der Waals surface area contributed by atoms with Crippen LogP contribution in [-0.4, -0.2) is 24.0 Å². The van der Waals surface area contributed by atoms with Crippen LogP contribution in [0.3, 0.4) is 0 Å². The van der Waals surface area contributed by atoms with Crippen LogP contribution in [0.4, 0.5) is 0 Å². The van der Waals surface area contributed by atoms with E-state index in [2.05, 4.69) is 46.0 Å². The summed E-state index contributed by atoms with van der Waals surface area (Å²) in [7, 11) is 0. The molecule has 104 valence electrons. The Hall–Kier alpha value is -0.380. The lowest BCUT2D eigenvalue weighted by atomic mass is 10.0. The van der Waals surface area contributed by atoms with Crippen LogP contribution in [0.25, 0.3) is 0 Å². The smallest absolute Gasteiger partial charge is 0.0473 e. The van der Waals surface area contributed by atoms with Gasteiger partial charge in [-0.1, -0.05) is 28.1 Å². The lowest BCUT2D eigenvalue weighted by molar-refractivity contribution is 0.182. The number of halogens is 1. The van der Waals surface area contributed by atoms with Crippen molar-refractivity contribution < 1.29 is 0 Å². The maximum absolute atomic E-state index is 6.10. The van der Waals surface area contributed by atoms with E-state index in [1.54, 1.807) is 0 Å². The van der Waals surface area contributed by atoms with Gasteiger partial charge in [0.2, 0.25) is 0 Å². The van der Waals surface area contributed by atoms with Gasteiger partial charge in [0.25, 0.3) is 0 Å². The summed E-state index contributed by atoms with van der Waals surface area (Å²) in [6.45, 7) is 4.10. The van der Waals surface area contributed by atoms with E-state index in [4.69, 9.17) is 5.73 Å². The van der Waals surface area contributed by atoms with Crippen LogP contribution in [-0.2, 0) is 0 Å². The second kappa shape index (κ2) is 5.55. The Morgan fingerprint density at radius 3 is 2.58 bits per heavy atom. The number of nitrogens with zero attached hydrogens (tertiary/aromatic N) is 1. The Balaban J connectivity index is 1.81. The van der Waals surface area contributed by atoms with E-state index >= 15 is 0 Å². The highest BCUT2D eigenvalue weighted by Gasteiger charge is 2.37. The summed E-state index contributed by atoms with van der Waals surface area (Å²) in [4.78, 5) is 2.68. The molecule has 19 heavy (non-hydrogen) atoms. The highest BCUT2D eigenvalue weighted by Crippen LogP contribution is 2.39. The van der Waals surface area contributed by atoms with Gasteiger partial charge in [0.15, 0.2) is 0 Å². The highest BCUT2D eigenvalue weighted by atomic mass is 79.9. The van der Waals surface area contributed by atoms with Crippen molar-refractivity contribution in [2.75, 3.05) is 13.1 Å². The molecule has 0 amide bonds. The Kier molecular flexibility index (Phi) is 3.97. The van der Waals surface area contributed by atoms with E-state index in [0.717, 1.165) is 18.5 Å². The molecule has 2 N–H and O–H groups in total. The number of hydrogen-bond donors (Lipinski definition) is 1. The lowest BCUT2D eigenvalue weighted by Gasteiger charge is -2.31. The first kappa shape index (κ1) is 13.6. The zero-order valence-corrected chi connectivity index (χ0v) is 13.2. The lowest BCUT2D eigenvalue weighted by Crippen LogP contribution is -2.37. The highest BCUT2D eigenvalue weighted by molar-refractivity contribution is 9.10. The van der Waals surface area contributed by atoms with Crippen molar-refractivity contribution in [2.24, 2.45) is 11.7 Å². The topological polar surface area (TPSA) is 29.3 Å². The summed E-state index contributed by atoms with van der Waals surface area (Å²) >= 11 is 3.65. The molecule has 0 aromatic heterocycles. The number of benzene rings is 1. The third-order valence-electron chi connectivity index (χ3n) is 4.39. The fraction of sp³-hybridized carbons (Fsp3) is 0.625. The zero-order valence-electron chi connectivity index (χ0n) is 11.6. The van der Waals surface area contributed by atoms with Gasteiger partial charge >= 0.3 is 0 Å². The molecule has 2 aliphatic carbocycles. The van der Waals surface area contributed by atoms with Gasteiger partial charge in [-0.2, -0.15) is 0 Å². The van der Waals surface area contributed by atoms with Gasteiger partial charge < -0.3 is 5.73 Å². The van der Waals surface area contributed by atoms with Crippen molar-refractivity contribution in [3.8, 4) is 0 Å². The fourth-order valence-corrected chi connectivity index (χ4v) is 3.21. The molecule has 3 heteroatoms. The Bertz CT molecular complexity index is 452. The third kappa shape index (κ3) is 3.21. The first-order chi connectivity index (χ1) is 9.19. The third-order valence-corrected chi connectivity index (χ3v) is 5.24. The molecule has 2 aliphatic rings. The van der Waals surface area contributed by atoms with Crippen LogP contribution >= 0.6 is 15.9 Å². The number of nitrogens with two attached hydrogens (primary N) is 1. The molecule has 1 atom stereocenters. The van der Waals surface area contributed by atoms with Crippen LogP contribution in [0.15, 0.2) is 22.7 Å². The standard InChI is InChI=1S/C16H23BrN2/c1-11-2-5-13(8-15(11)17)16(9-18)19(14-6-7-14)10-12-3-4-12/h2,5,8,12,14,16H,3-4,6-7,9-10,18H2,1H3. The molecule has 0 heterocycles. The minimum Gasteiger partial charge on any atom is -0.329 e. The van der Waals surface area contributed by atoms with Gasteiger partial charge in [-0.05, 0) is 55.7 Å². The fourth-order valence-electron chi connectivity index (χ4n) is 2.81. The molecule has 2 nitrogen and oxygen atoms in total. The first-order valence-corrected chi connectivity index (χ1v) is 8.20. The summed E-state index contributed by atoms with van der Waals surface area (Å²) in [6, 6.07) is 7.89. The van der Waals surface area contributed by atoms with Crippen LogP contribution in [0.2, 0.25) is 0 Å². The van der Waals surface area contributed by atoms with Gasteiger partial charge in [-0.3, -0.25) is 4.90 Å². The summed E-state index contributed by atoms with van der Waals surface area (Å²) < 4.78 is 1.20. The number of rotatable bonds is 6. The normalized spacial score (nSPS) is 20.8. The molecule has 0 bridgehead atoms. The van der Waals surface area contributed by atoms with Crippen LogP contribution < -0.4 is 5.73 Å². The predicted octanol–water partition coefficient (Wildman–Crippen LogP) is 3.63. The molecule has 1 aromatic rings. The second-order valence-corrected chi connectivity index (χ2v) is 6.99. The number of aryl methyl sites for hydroxylation is 1. The quantitative estimate of drug-likeness (QED) is 0.866. The van der Waals surface area contributed by atoms with E-state index in [-0.39, 0.29) is 0 Å². The first-order valence-electron chi connectivity index (χ1n) is 7.41. The summed E-state index contributed by atoms with van der Waals surface area (Å²) in [5, 5.41) is 0. The summed E-state index contributed by atoms with van der Waals surface area (Å²) in [5.41, 5.74) is 8.76. The molecule has 0 spiro atoms. The maximum atomic E-state index is 6.10. The van der Waals surface area contributed by atoms with E-state index in [1.165, 1.54) is 47.8 Å². The number of hydrogen-bond acceptors (Lipinski definition) is 2. The van der Waals surface area contributed by atoms with Crippen molar-refractivity contribution >= 4 is 15.9 Å². The van der Waals surface area contributed by atoms with Crippen LogP contribution in [0.1, 0.15) is 42.9 Å². The minimum atomic E-state index is 0.394. The molecule has 3 rings (SSSR count). The average Bonchev–Trinajstić information content (AvgIpc) is 3.27. The predicted molar refractivity (Wildman–Crippen MR) is 83.1 cm³/mol. The Labute approximate surface area is 124 Å². The van der Waals surface area contributed by atoms with Gasteiger partial charge in [-0.25, -0.2) is 0 Å². The molecular formula is C16H23BrN2. The Morgan fingerprint density at radius 1 is 1.32 bits per heavy atom. The van der Waals surface area contributed by atoms with Gasteiger partial charge in [-0.15, -0.1) is 0 Å². The van der Waals surface area contributed by atoms with Gasteiger partial charge in [0.1, 0.15) is 0 Å². The second-order valence-electron chi connectivity index (χ2n) is 6.13. The van der Waals surface area contributed by atoms with Gasteiger partial charge in [0, 0.05) is 29.6 Å². The molecular weight excluding hydrogens is 300 g/mol. The van der Waals surface area contributed by atoms with Crippen LogP contribution in [0, 0.1) is 12.8 Å². The molecule has 2 saturated carbocycles. The molecule has 1 unspecified atom stereocenters.